The summed E-state index contributed by atoms with van der Waals surface area (Å²) in [6.45, 7) is -0.504. The van der Waals surface area contributed by atoms with Crippen molar-refractivity contribution < 1.29 is 27.9 Å². The maximum Gasteiger partial charge on any atom is 0.356 e. The van der Waals surface area contributed by atoms with E-state index in [2.05, 4.69) is 9.72 Å². The van der Waals surface area contributed by atoms with E-state index >= 15 is 0 Å². The van der Waals surface area contributed by atoms with Crippen molar-refractivity contribution in [3.63, 3.8) is 0 Å². The Morgan fingerprint density at radius 1 is 1.56 bits per heavy atom. The second-order valence-electron chi connectivity index (χ2n) is 3.13. The van der Waals surface area contributed by atoms with Gasteiger partial charge in [-0.3, -0.25) is 4.79 Å². The van der Waals surface area contributed by atoms with Crippen LogP contribution in [0.3, 0.4) is 0 Å². The number of likely N-dealkylation sites (N-methyl/N-ethyl adjacent to an activating group) is 1. The molecule has 0 saturated carbocycles. The quantitative estimate of drug-likeness (QED) is 0.737. The largest absolute Gasteiger partial charge is 0.476 e. The Bertz CT molecular complexity index is 564. The van der Waals surface area contributed by atoms with Crippen molar-refractivity contribution in [3.05, 3.63) is 11.2 Å². The molecule has 0 amide bonds. The molecule has 0 aliphatic rings. The van der Waals surface area contributed by atoms with E-state index in [0.717, 1.165) is 19.7 Å². The van der Waals surface area contributed by atoms with Gasteiger partial charge in [0.25, 0.3) is 10.0 Å². The molecule has 1 N–H and O–H groups in total. The number of methoxy groups -OCH3 is 1. The lowest BCUT2D eigenvalue weighted by Crippen LogP contribution is -2.33. The molecule has 8 nitrogen and oxygen atoms in total. The molecule has 0 radical (unpaired) electrons. The van der Waals surface area contributed by atoms with Crippen LogP contribution < -0.4 is 0 Å². The summed E-state index contributed by atoms with van der Waals surface area (Å²) in [5.74, 6) is -2.19. The SMILES string of the molecule is COC(=O)CN(C)S(=O)(=O)c1scnc1C(=O)O. The number of sulfonamides is 1. The number of hydrogen-bond donors (Lipinski definition) is 1. The van der Waals surface area contributed by atoms with Crippen LogP contribution in [0.1, 0.15) is 10.5 Å². The molecule has 0 atom stereocenters. The number of aromatic nitrogens is 1. The van der Waals surface area contributed by atoms with Crippen molar-refractivity contribution in [2.75, 3.05) is 20.7 Å². The van der Waals surface area contributed by atoms with Crippen molar-refractivity contribution in [1.82, 2.24) is 9.29 Å². The van der Waals surface area contributed by atoms with Gasteiger partial charge in [-0.05, 0) is 0 Å². The van der Waals surface area contributed by atoms with E-state index in [-0.39, 0.29) is 0 Å². The lowest BCUT2D eigenvalue weighted by Gasteiger charge is -2.14. The van der Waals surface area contributed by atoms with Gasteiger partial charge in [-0.2, -0.15) is 4.31 Å². The lowest BCUT2D eigenvalue weighted by molar-refractivity contribution is -0.140. The highest BCUT2D eigenvalue weighted by Gasteiger charge is 2.30. The molecule has 0 unspecified atom stereocenters. The minimum Gasteiger partial charge on any atom is -0.476 e. The second-order valence-corrected chi connectivity index (χ2v) is 6.23. The predicted molar refractivity (Wildman–Crippen MR) is 60.9 cm³/mol. The van der Waals surface area contributed by atoms with Crippen molar-refractivity contribution in [3.8, 4) is 0 Å². The Balaban J connectivity index is 3.10. The smallest absolute Gasteiger partial charge is 0.356 e. The fourth-order valence-corrected chi connectivity index (χ4v) is 3.48. The average Bonchev–Trinajstić information content (AvgIpc) is 2.78. The summed E-state index contributed by atoms with van der Waals surface area (Å²) in [7, 11) is -1.80. The van der Waals surface area contributed by atoms with Crippen LogP contribution in [0.2, 0.25) is 0 Å². The molecule has 18 heavy (non-hydrogen) atoms. The molecule has 1 aromatic heterocycles. The zero-order chi connectivity index (χ0) is 13.9. The summed E-state index contributed by atoms with van der Waals surface area (Å²) in [6.07, 6.45) is 0. The molecule has 1 aromatic rings. The Labute approximate surface area is 107 Å². The average molecular weight is 294 g/mol. The fraction of sp³-hybridized carbons (Fsp3) is 0.375. The van der Waals surface area contributed by atoms with Crippen LogP contribution in [0.25, 0.3) is 0 Å². The van der Waals surface area contributed by atoms with Crippen LogP contribution in [0.5, 0.6) is 0 Å². The van der Waals surface area contributed by atoms with Gasteiger partial charge < -0.3 is 9.84 Å². The highest BCUT2D eigenvalue weighted by atomic mass is 32.2. The van der Waals surface area contributed by atoms with Crippen LogP contribution >= 0.6 is 11.3 Å². The molecule has 0 aliphatic carbocycles. The number of nitrogens with zero attached hydrogens (tertiary/aromatic N) is 2. The number of thiazole rings is 1. The Hall–Kier alpha value is -1.52. The minimum absolute atomic E-state index is 0.415. The van der Waals surface area contributed by atoms with E-state index in [1.165, 1.54) is 0 Å². The third kappa shape index (κ3) is 2.83. The standard InChI is InChI=1S/C8H10N2O6S2/c1-10(3-5(11)16-2)18(14,15)8-6(7(12)13)9-4-17-8/h4H,3H2,1-2H3,(H,12,13). The van der Waals surface area contributed by atoms with Crippen LogP contribution in [0, 0.1) is 0 Å². The van der Waals surface area contributed by atoms with Gasteiger partial charge in [0.15, 0.2) is 9.90 Å². The highest BCUT2D eigenvalue weighted by molar-refractivity contribution is 7.91. The van der Waals surface area contributed by atoms with Gasteiger partial charge in [0, 0.05) is 7.05 Å². The lowest BCUT2D eigenvalue weighted by atomic mass is 10.5. The molecule has 0 spiro atoms. The van der Waals surface area contributed by atoms with Gasteiger partial charge in [0.1, 0.15) is 6.54 Å². The molecule has 0 aliphatic heterocycles. The normalized spacial score (nSPS) is 11.5. The third-order valence-corrected chi connectivity index (χ3v) is 5.11. The van der Waals surface area contributed by atoms with E-state index < -0.39 is 38.4 Å². The molecular formula is C8H10N2O6S2. The van der Waals surface area contributed by atoms with Gasteiger partial charge >= 0.3 is 11.9 Å². The zero-order valence-corrected chi connectivity index (χ0v) is 11.1. The van der Waals surface area contributed by atoms with Gasteiger partial charge in [0.05, 0.1) is 12.6 Å². The maximum absolute atomic E-state index is 12.0. The van der Waals surface area contributed by atoms with Crippen molar-refractivity contribution >= 4 is 33.3 Å². The number of carbonyl (C=O) groups excluding carboxylic acids is 1. The third-order valence-electron chi connectivity index (χ3n) is 1.96. The van der Waals surface area contributed by atoms with E-state index in [9.17, 15) is 18.0 Å². The molecule has 10 heteroatoms. The summed E-state index contributed by atoms with van der Waals surface area (Å²) in [5, 5.41) is 8.80. The van der Waals surface area contributed by atoms with Gasteiger partial charge in [-0.1, -0.05) is 0 Å². The van der Waals surface area contributed by atoms with Crippen molar-refractivity contribution in [2.45, 2.75) is 4.21 Å². The first-order chi connectivity index (χ1) is 8.30. The minimum atomic E-state index is -4.07. The number of rotatable bonds is 5. The van der Waals surface area contributed by atoms with Crippen LogP contribution in [0.4, 0.5) is 0 Å². The Morgan fingerprint density at radius 3 is 2.67 bits per heavy atom. The van der Waals surface area contributed by atoms with E-state index in [1.54, 1.807) is 0 Å². The van der Waals surface area contributed by atoms with Gasteiger partial charge in [-0.15, -0.1) is 11.3 Å². The summed E-state index contributed by atoms with van der Waals surface area (Å²) in [5.41, 5.74) is 0.555. The molecule has 1 rings (SSSR count). The second kappa shape index (κ2) is 5.42. The van der Waals surface area contributed by atoms with Gasteiger partial charge in [0.2, 0.25) is 0 Å². The first-order valence-corrected chi connectivity index (χ1v) is 6.82. The molecule has 0 saturated heterocycles. The molecular weight excluding hydrogens is 284 g/mol. The number of aromatic carboxylic acids is 1. The number of esters is 1. The summed E-state index contributed by atoms with van der Waals surface area (Å²) in [6, 6.07) is 0. The number of carboxylic acids is 1. The summed E-state index contributed by atoms with van der Waals surface area (Å²) >= 11 is 0.674. The first kappa shape index (κ1) is 14.5. The molecule has 1 heterocycles. The van der Waals surface area contributed by atoms with E-state index in [4.69, 9.17) is 5.11 Å². The topological polar surface area (TPSA) is 114 Å². The van der Waals surface area contributed by atoms with Crippen LogP contribution in [-0.4, -0.2) is 55.5 Å². The Kier molecular flexibility index (Phi) is 4.38. The van der Waals surface area contributed by atoms with Crippen LogP contribution in [-0.2, 0) is 19.6 Å². The summed E-state index contributed by atoms with van der Waals surface area (Å²) in [4.78, 5) is 25.3. The molecule has 0 fully saturated rings. The molecule has 0 aromatic carbocycles. The number of hydrogen-bond acceptors (Lipinski definition) is 7. The maximum atomic E-state index is 12.0. The zero-order valence-electron chi connectivity index (χ0n) is 9.48. The predicted octanol–water partition coefficient (Wildman–Crippen LogP) is -0.365. The van der Waals surface area contributed by atoms with Crippen molar-refractivity contribution in [1.29, 1.82) is 0 Å². The monoisotopic (exact) mass is 294 g/mol. The fourth-order valence-electron chi connectivity index (χ4n) is 1.03. The number of carbonyl (C=O) groups is 2. The molecule has 0 bridgehead atoms. The van der Waals surface area contributed by atoms with E-state index in [0.29, 0.717) is 15.6 Å². The molecule has 100 valence electrons. The number of carboxylic acid groups (broad SMARTS) is 1. The highest BCUT2D eigenvalue weighted by Crippen LogP contribution is 2.23. The van der Waals surface area contributed by atoms with Gasteiger partial charge in [-0.25, -0.2) is 18.2 Å². The Morgan fingerprint density at radius 2 is 2.17 bits per heavy atom. The first-order valence-electron chi connectivity index (χ1n) is 4.50. The van der Waals surface area contributed by atoms with Crippen molar-refractivity contribution in [2.24, 2.45) is 0 Å². The number of ether oxygens (including phenoxy) is 1. The summed E-state index contributed by atoms with van der Waals surface area (Å²) < 4.78 is 28.6. The van der Waals surface area contributed by atoms with E-state index in [1.807, 2.05) is 0 Å². The van der Waals surface area contributed by atoms with Crippen LogP contribution in [0.15, 0.2) is 9.72 Å².